The van der Waals surface area contributed by atoms with Crippen LogP contribution in [0.25, 0.3) is 0 Å². The predicted molar refractivity (Wildman–Crippen MR) is 87.9 cm³/mol. The highest BCUT2D eigenvalue weighted by Crippen LogP contribution is 2.26. The summed E-state index contributed by atoms with van der Waals surface area (Å²) < 4.78 is 5.24. The summed E-state index contributed by atoms with van der Waals surface area (Å²) in [7, 11) is 1.59. The van der Waals surface area contributed by atoms with Crippen LogP contribution >= 0.6 is 11.8 Å². The van der Waals surface area contributed by atoms with Gasteiger partial charge in [-0.3, -0.25) is 4.79 Å². The Bertz CT molecular complexity index is 644. The summed E-state index contributed by atoms with van der Waals surface area (Å²) >= 11 is 1.45. The van der Waals surface area contributed by atoms with Crippen molar-refractivity contribution in [2.75, 3.05) is 23.9 Å². The standard InChI is InChI=1S/C16H18N2O2S/c1-11-6-7-15(20-2)14(8-11)18-16(19)10-21-13-5-3-4-12(17)9-13/h3-9H,10,17H2,1-2H3,(H,18,19). The molecule has 0 radical (unpaired) electrons. The molecule has 0 aromatic heterocycles. The van der Waals surface area contributed by atoms with Crippen LogP contribution in [0.3, 0.4) is 0 Å². The SMILES string of the molecule is COc1ccc(C)cc1NC(=O)CSc1cccc(N)c1. The molecule has 0 aliphatic carbocycles. The van der Waals surface area contributed by atoms with Gasteiger partial charge in [-0.25, -0.2) is 0 Å². The lowest BCUT2D eigenvalue weighted by atomic mass is 10.2. The molecule has 4 nitrogen and oxygen atoms in total. The molecule has 0 aliphatic rings. The Labute approximate surface area is 128 Å². The fourth-order valence-corrected chi connectivity index (χ4v) is 2.62. The van der Waals surface area contributed by atoms with E-state index >= 15 is 0 Å². The number of hydrogen-bond donors (Lipinski definition) is 2. The molecule has 0 fully saturated rings. The first-order chi connectivity index (χ1) is 10.1. The number of amides is 1. The Morgan fingerprint density at radius 3 is 2.81 bits per heavy atom. The van der Waals surface area contributed by atoms with Crippen LogP contribution < -0.4 is 15.8 Å². The zero-order valence-corrected chi connectivity index (χ0v) is 12.9. The minimum absolute atomic E-state index is 0.0775. The molecule has 2 rings (SSSR count). The lowest BCUT2D eigenvalue weighted by molar-refractivity contribution is -0.113. The van der Waals surface area contributed by atoms with E-state index in [0.717, 1.165) is 10.5 Å². The molecule has 2 aromatic rings. The first kappa shape index (κ1) is 15.3. The molecule has 0 atom stereocenters. The molecule has 21 heavy (non-hydrogen) atoms. The van der Waals surface area contributed by atoms with Gasteiger partial charge in [-0.1, -0.05) is 12.1 Å². The lowest BCUT2D eigenvalue weighted by Crippen LogP contribution is -2.14. The third-order valence-corrected chi connectivity index (χ3v) is 3.85. The van der Waals surface area contributed by atoms with Crippen molar-refractivity contribution in [3.8, 4) is 5.75 Å². The normalized spacial score (nSPS) is 10.2. The number of nitrogen functional groups attached to an aromatic ring is 1. The van der Waals surface area contributed by atoms with Crippen molar-refractivity contribution in [1.82, 2.24) is 0 Å². The summed E-state index contributed by atoms with van der Waals surface area (Å²) in [5, 5.41) is 2.87. The Morgan fingerprint density at radius 2 is 2.10 bits per heavy atom. The minimum Gasteiger partial charge on any atom is -0.495 e. The predicted octanol–water partition coefficient (Wildman–Crippen LogP) is 3.32. The summed E-state index contributed by atoms with van der Waals surface area (Å²) in [5.41, 5.74) is 8.16. The van der Waals surface area contributed by atoms with Crippen LogP contribution in [0.4, 0.5) is 11.4 Å². The number of hydrogen-bond acceptors (Lipinski definition) is 4. The molecule has 0 heterocycles. The summed E-state index contributed by atoms with van der Waals surface area (Å²) in [5.74, 6) is 0.898. The molecular weight excluding hydrogens is 284 g/mol. The number of benzene rings is 2. The van der Waals surface area contributed by atoms with Crippen molar-refractivity contribution in [3.63, 3.8) is 0 Å². The van der Waals surface area contributed by atoms with Gasteiger partial charge in [0.1, 0.15) is 5.75 Å². The van der Waals surface area contributed by atoms with Gasteiger partial charge in [-0.15, -0.1) is 11.8 Å². The third kappa shape index (κ3) is 4.43. The molecule has 110 valence electrons. The van der Waals surface area contributed by atoms with E-state index in [1.54, 1.807) is 7.11 Å². The Balaban J connectivity index is 1.97. The Kier molecular flexibility index (Phi) is 5.11. The fourth-order valence-electron chi connectivity index (χ4n) is 1.86. The summed E-state index contributed by atoms with van der Waals surface area (Å²) in [4.78, 5) is 13.0. The molecule has 1 amide bonds. The summed E-state index contributed by atoms with van der Waals surface area (Å²) in [6.07, 6.45) is 0. The second kappa shape index (κ2) is 7.04. The maximum atomic E-state index is 12.0. The summed E-state index contributed by atoms with van der Waals surface area (Å²) in [6, 6.07) is 13.2. The number of methoxy groups -OCH3 is 1. The average Bonchev–Trinajstić information content (AvgIpc) is 2.45. The average molecular weight is 302 g/mol. The molecule has 5 heteroatoms. The highest BCUT2D eigenvalue weighted by Gasteiger charge is 2.08. The molecule has 0 saturated heterocycles. The Morgan fingerprint density at radius 1 is 1.29 bits per heavy atom. The number of carbonyl (C=O) groups is 1. The molecule has 0 bridgehead atoms. The van der Waals surface area contributed by atoms with Crippen LogP contribution in [0.5, 0.6) is 5.75 Å². The van der Waals surface area contributed by atoms with Crippen molar-refractivity contribution in [2.45, 2.75) is 11.8 Å². The van der Waals surface area contributed by atoms with Gasteiger partial charge in [0.25, 0.3) is 0 Å². The molecule has 3 N–H and O–H groups in total. The van der Waals surface area contributed by atoms with Gasteiger partial charge in [0.05, 0.1) is 18.6 Å². The molecule has 2 aromatic carbocycles. The number of anilines is 2. The van der Waals surface area contributed by atoms with E-state index < -0.39 is 0 Å². The molecule has 0 unspecified atom stereocenters. The maximum absolute atomic E-state index is 12.0. The Hall–Kier alpha value is -2.14. The van der Waals surface area contributed by atoms with Crippen LogP contribution in [0.15, 0.2) is 47.4 Å². The second-order valence-electron chi connectivity index (χ2n) is 4.61. The number of aryl methyl sites for hydroxylation is 1. The first-order valence-electron chi connectivity index (χ1n) is 6.51. The highest BCUT2D eigenvalue weighted by molar-refractivity contribution is 8.00. The number of carbonyl (C=O) groups excluding carboxylic acids is 1. The molecule has 0 aliphatic heterocycles. The van der Waals surface area contributed by atoms with E-state index in [4.69, 9.17) is 10.5 Å². The first-order valence-corrected chi connectivity index (χ1v) is 7.50. The number of nitrogens with one attached hydrogen (secondary N) is 1. The van der Waals surface area contributed by atoms with E-state index in [0.29, 0.717) is 22.9 Å². The van der Waals surface area contributed by atoms with Gasteiger partial charge in [0, 0.05) is 10.6 Å². The minimum atomic E-state index is -0.0775. The monoisotopic (exact) mass is 302 g/mol. The van der Waals surface area contributed by atoms with Crippen molar-refractivity contribution in [2.24, 2.45) is 0 Å². The zero-order chi connectivity index (χ0) is 15.2. The molecule has 0 spiro atoms. The van der Waals surface area contributed by atoms with Gasteiger partial charge in [0.15, 0.2) is 0 Å². The number of ether oxygens (including phenoxy) is 1. The van der Waals surface area contributed by atoms with Crippen molar-refractivity contribution in [3.05, 3.63) is 48.0 Å². The van der Waals surface area contributed by atoms with Crippen molar-refractivity contribution in [1.29, 1.82) is 0 Å². The van der Waals surface area contributed by atoms with Crippen LogP contribution in [-0.2, 0) is 4.79 Å². The second-order valence-corrected chi connectivity index (χ2v) is 5.66. The lowest BCUT2D eigenvalue weighted by Gasteiger charge is -2.11. The molecular formula is C16H18N2O2S. The van der Waals surface area contributed by atoms with E-state index in [2.05, 4.69) is 5.32 Å². The van der Waals surface area contributed by atoms with Crippen LogP contribution in [0.1, 0.15) is 5.56 Å². The van der Waals surface area contributed by atoms with Gasteiger partial charge in [-0.2, -0.15) is 0 Å². The summed E-state index contributed by atoms with van der Waals surface area (Å²) in [6.45, 7) is 1.97. The third-order valence-electron chi connectivity index (χ3n) is 2.86. The smallest absolute Gasteiger partial charge is 0.234 e. The van der Waals surface area contributed by atoms with Crippen LogP contribution in [-0.4, -0.2) is 18.8 Å². The van der Waals surface area contributed by atoms with E-state index in [1.807, 2.05) is 49.4 Å². The highest BCUT2D eigenvalue weighted by atomic mass is 32.2. The largest absolute Gasteiger partial charge is 0.495 e. The number of rotatable bonds is 5. The van der Waals surface area contributed by atoms with Crippen molar-refractivity contribution >= 4 is 29.0 Å². The van der Waals surface area contributed by atoms with Gasteiger partial charge >= 0.3 is 0 Å². The fraction of sp³-hybridized carbons (Fsp3) is 0.188. The molecule has 0 saturated carbocycles. The zero-order valence-electron chi connectivity index (χ0n) is 12.1. The van der Waals surface area contributed by atoms with E-state index in [-0.39, 0.29) is 5.91 Å². The van der Waals surface area contributed by atoms with E-state index in [1.165, 1.54) is 11.8 Å². The van der Waals surface area contributed by atoms with E-state index in [9.17, 15) is 4.79 Å². The van der Waals surface area contributed by atoms with Gasteiger partial charge < -0.3 is 15.8 Å². The number of thioether (sulfide) groups is 1. The van der Waals surface area contributed by atoms with Crippen LogP contribution in [0, 0.1) is 6.92 Å². The number of nitrogens with two attached hydrogens (primary N) is 1. The van der Waals surface area contributed by atoms with Gasteiger partial charge in [0.2, 0.25) is 5.91 Å². The maximum Gasteiger partial charge on any atom is 0.234 e. The van der Waals surface area contributed by atoms with Crippen LogP contribution in [0.2, 0.25) is 0 Å². The van der Waals surface area contributed by atoms with Gasteiger partial charge in [-0.05, 0) is 42.8 Å². The quantitative estimate of drug-likeness (QED) is 0.657. The van der Waals surface area contributed by atoms with Crippen molar-refractivity contribution < 1.29 is 9.53 Å². The topological polar surface area (TPSA) is 64.3 Å².